The number of benzene rings is 1. The largest absolute Gasteiger partial charge is 0.321 e. The molecule has 0 aliphatic rings. The van der Waals surface area contributed by atoms with Crippen molar-refractivity contribution in [3.63, 3.8) is 0 Å². The monoisotopic (exact) mass is 316 g/mol. The molecule has 1 atom stereocenters. The summed E-state index contributed by atoms with van der Waals surface area (Å²) in [4.78, 5) is 0. The lowest BCUT2D eigenvalue weighted by molar-refractivity contribution is 0.557. The van der Waals surface area contributed by atoms with E-state index in [0.29, 0.717) is 17.1 Å². The fourth-order valence-corrected chi connectivity index (χ4v) is 2.46. The van der Waals surface area contributed by atoms with Gasteiger partial charge in [-0.1, -0.05) is 23.2 Å². The van der Waals surface area contributed by atoms with Gasteiger partial charge in [0.15, 0.2) is 0 Å². The standard InChI is InChI=1S/C13H15Cl2FN4/c1-8(9-5-12(16)11(15)6-10(9)14)17-4-3-13-19-18-7-20(13)2/h5-8,17H,3-4H2,1-2H3. The van der Waals surface area contributed by atoms with E-state index in [9.17, 15) is 4.39 Å². The van der Waals surface area contributed by atoms with Crippen LogP contribution < -0.4 is 5.32 Å². The normalized spacial score (nSPS) is 12.7. The number of nitrogens with one attached hydrogen (secondary N) is 1. The molecule has 0 spiro atoms. The van der Waals surface area contributed by atoms with Gasteiger partial charge in [0.2, 0.25) is 0 Å². The maximum atomic E-state index is 13.5. The summed E-state index contributed by atoms with van der Waals surface area (Å²) in [6.07, 6.45) is 2.39. The van der Waals surface area contributed by atoms with E-state index in [4.69, 9.17) is 23.2 Å². The highest BCUT2D eigenvalue weighted by Crippen LogP contribution is 2.28. The molecular formula is C13H15Cl2FN4. The molecule has 0 bridgehead atoms. The Kier molecular flexibility index (Phi) is 4.96. The van der Waals surface area contributed by atoms with Crippen LogP contribution in [0, 0.1) is 5.82 Å². The first kappa shape index (κ1) is 15.2. The first-order valence-electron chi connectivity index (χ1n) is 6.19. The van der Waals surface area contributed by atoms with Crippen LogP contribution in [-0.4, -0.2) is 21.3 Å². The number of hydrogen-bond donors (Lipinski definition) is 1. The van der Waals surface area contributed by atoms with Gasteiger partial charge in [-0.15, -0.1) is 10.2 Å². The fourth-order valence-electron chi connectivity index (χ4n) is 1.91. The van der Waals surface area contributed by atoms with Crippen molar-refractivity contribution < 1.29 is 4.39 Å². The zero-order valence-corrected chi connectivity index (χ0v) is 12.7. The summed E-state index contributed by atoms with van der Waals surface area (Å²) in [5, 5.41) is 11.6. The maximum absolute atomic E-state index is 13.5. The minimum Gasteiger partial charge on any atom is -0.321 e. The minimum absolute atomic E-state index is 0.0324. The Morgan fingerprint density at radius 3 is 2.75 bits per heavy atom. The Bertz CT molecular complexity index is 600. The van der Waals surface area contributed by atoms with Crippen LogP contribution in [0.15, 0.2) is 18.5 Å². The number of aryl methyl sites for hydroxylation is 1. The van der Waals surface area contributed by atoms with Gasteiger partial charge in [-0.25, -0.2) is 4.39 Å². The van der Waals surface area contributed by atoms with Gasteiger partial charge in [0.05, 0.1) is 5.02 Å². The molecule has 0 saturated heterocycles. The first-order chi connectivity index (χ1) is 9.49. The molecular weight excluding hydrogens is 302 g/mol. The third kappa shape index (κ3) is 3.48. The predicted molar refractivity (Wildman–Crippen MR) is 77.5 cm³/mol. The van der Waals surface area contributed by atoms with E-state index in [-0.39, 0.29) is 11.1 Å². The summed E-state index contributed by atoms with van der Waals surface area (Å²) in [5.41, 5.74) is 0.687. The van der Waals surface area contributed by atoms with E-state index < -0.39 is 5.82 Å². The van der Waals surface area contributed by atoms with Crippen LogP contribution in [-0.2, 0) is 13.5 Å². The molecule has 20 heavy (non-hydrogen) atoms. The lowest BCUT2D eigenvalue weighted by Gasteiger charge is -2.16. The number of rotatable bonds is 5. The zero-order chi connectivity index (χ0) is 14.7. The highest BCUT2D eigenvalue weighted by atomic mass is 35.5. The highest BCUT2D eigenvalue weighted by molar-refractivity contribution is 6.35. The highest BCUT2D eigenvalue weighted by Gasteiger charge is 2.13. The Balaban J connectivity index is 1.97. The van der Waals surface area contributed by atoms with Crippen molar-refractivity contribution in [3.8, 4) is 0 Å². The first-order valence-corrected chi connectivity index (χ1v) is 6.95. The third-order valence-corrected chi connectivity index (χ3v) is 3.73. The summed E-state index contributed by atoms with van der Waals surface area (Å²) in [5.74, 6) is 0.422. The van der Waals surface area contributed by atoms with Gasteiger partial charge in [-0.05, 0) is 24.6 Å². The molecule has 4 nitrogen and oxygen atoms in total. The van der Waals surface area contributed by atoms with Gasteiger partial charge >= 0.3 is 0 Å². The number of hydrogen-bond acceptors (Lipinski definition) is 3. The van der Waals surface area contributed by atoms with E-state index in [0.717, 1.165) is 12.2 Å². The molecule has 2 aromatic rings. The molecule has 0 aliphatic heterocycles. The summed E-state index contributed by atoms with van der Waals surface area (Å²) in [6, 6.07) is 2.71. The van der Waals surface area contributed by atoms with Crippen LogP contribution in [0.3, 0.4) is 0 Å². The second-order valence-electron chi connectivity index (χ2n) is 4.57. The Morgan fingerprint density at radius 1 is 1.35 bits per heavy atom. The van der Waals surface area contributed by atoms with E-state index in [1.54, 1.807) is 6.33 Å². The lowest BCUT2D eigenvalue weighted by Crippen LogP contribution is -2.22. The molecule has 0 radical (unpaired) electrons. The summed E-state index contributed by atoms with van der Waals surface area (Å²) in [7, 11) is 1.89. The topological polar surface area (TPSA) is 42.7 Å². The molecule has 0 aliphatic carbocycles. The molecule has 2 rings (SSSR count). The van der Waals surface area contributed by atoms with Crippen LogP contribution in [0.25, 0.3) is 0 Å². The fraction of sp³-hybridized carbons (Fsp3) is 0.385. The molecule has 7 heteroatoms. The molecule has 108 valence electrons. The summed E-state index contributed by atoms with van der Waals surface area (Å²) < 4.78 is 15.3. The van der Waals surface area contributed by atoms with Crippen LogP contribution >= 0.6 is 23.2 Å². The molecule has 0 saturated carbocycles. The summed E-state index contributed by atoms with van der Waals surface area (Å²) in [6.45, 7) is 2.61. The molecule has 1 N–H and O–H groups in total. The zero-order valence-electron chi connectivity index (χ0n) is 11.2. The molecule has 1 unspecified atom stereocenters. The van der Waals surface area contributed by atoms with Gasteiger partial charge in [-0.3, -0.25) is 0 Å². The number of halogens is 3. The van der Waals surface area contributed by atoms with Crippen molar-refractivity contribution in [1.82, 2.24) is 20.1 Å². The van der Waals surface area contributed by atoms with Crippen molar-refractivity contribution in [1.29, 1.82) is 0 Å². The van der Waals surface area contributed by atoms with Gasteiger partial charge in [0.25, 0.3) is 0 Å². The van der Waals surface area contributed by atoms with E-state index in [1.165, 1.54) is 12.1 Å². The van der Waals surface area contributed by atoms with Crippen molar-refractivity contribution >= 4 is 23.2 Å². The van der Waals surface area contributed by atoms with Gasteiger partial charge in [-0.2, -0.15) is 0 Å². The summed E-state index contributed by atoms with van der Waals surface area (Å²) >= 11 is 11.8. The average Bonchev–Trinajstić information content (AvgIpc) is 2.79. The third-order valence-electron chi connectivity index (χ3n) is 3.11. The van der Waals surface area contributed by atoms with Crippen molar-refractivity contribution in [2.24, 2.45) is 7.05 Å². The van der Waals surface area contributed by atoms with Crippen LogP contribution in [0.5, 0.6) is 0 Å². The Morgan fingerprint density at radius 2 is 2.10 bits per heavy atom. The molecule has 1 heterocycles. The van der Waals surface area contributed by atoms with Gasteiger partial charge < -0.3 is 9.88 Å². The molecule has 0 fully saturated rings. The quantitative estimate of drug-likeness (QED) is 0.862. The van der Waals surface area contributed by atoms with Crippen LogP contribution in [0.1, 0.15) is 24.4 Å². The van der Waals surface area contributed by atoms with Crippen molar-refractivity contribution in [2.75, 3.05) is 6.54 Å². The Hall–Kier alpha value is -1.17. The van der Waals surface area contributed by atoms with Crippen LogP contribution in [0.4, 0.5) is 4.39 Å². The minimum atomic E-state index is -0.465. The number of nitrogens with zero attached hydrogens (tertiary/aromatic N) is 3. The van der Waals surface area contributed by atoms with Crippen molar-refractivity contribution in [2.45, 2.75) is 19.4 Å². The lowest BCUT2D eigenvalue weighted by atomic mass is 10.1. The molecule has 0 amide bonds. The van der Waals surface area contributed by atoms with E-state index in [1.807, 2.05) is 18.5 Å². The SMILES string of the molecule is CC(NCCc1nncn1C)c1cc(F)c(Cl)cc1Cl. The van der Waals surface area contributed by atoms with Gasteiger partial charge in [0.1, 0.15) is 18.0 Å². The second kappa shape index (κ2) is 6.52. The molecule has 1 aromatic heterocycles. The molecule has 1 aromatic carbocycles. The predicted octanol–water partition coefficient (Wildman–Crippen LogP) is 3.15. The Labute approximate surface area is 126 Å². The van der Waals surface area contributed by atoms with Gasteiger partial charge in [0, 0.05) is 31.1 Å². The maximum Gasteiger partial charge on any atom is 0.142 e. The second-order valence-corrected chi connectivity index (χ2v) is 5.39. The average molecular weight is 317 g/mol. The smallest absolute Gasteiger partial charge is 0.142 e. The number of aromatic nitrogens is 3. The van der Waals surface area contributed by atoms with E-state index in [2.05, 4.69) is 15.5 Å². The van der Waals surface area contributed by atoms with Crippen LogP contribution in [0.2, 0.25) is 10.0 Å². The van der Waals surface area contributed by atoms with Crippen molar-refractivity contribution in [3.05, 3.63) is 45.7 Å². The van der Waals surface area contributed by atoms with E-state index >= 15 is 0 Å².